The Labute approximate surface area is 121 Å². The van der Waals surface area contributed by atoms with E-state index < -0.39 is 0 Å². The average molecular weight is 279 g/mol. The van der Waals surface area contributed by atoms with E-state index in [0.29, 0.717) is 12.3 Å². The number of para-hydroxylation sites is 1. The maximum Gasteiger partial charge on any atom is 0.298 e. The highest BCUT2D eigenvalue weighted by Gasteiger charge is 2.28. The Morgan fingerprint density at radius 3 is 2.95 bits per heavy atom. The molecule has 0 N–H and O–H groups in total. The number of hydrogen-bond donors (Lipinski definition) is 0. The van der Waals surface area contributed by atoms with Gasteiger partial charge in [-0.2, -0.15) is 4.98 Å². The van der Waals surface area contributed by atoms with Crippen molar-refractivity contribution in [2.45, 2.75) is 13.3 Å². The minimum Gasteiger partial charge on any atom is -0.305 e. The fourth-order valence-electron chi connectivity index (χ4n) is 2.67. The summed E-state index contributed by atoms with van der Waals surface area (Å²) in [5.41, 5.74) is 3.03. The van der Waals surface area contributed by atoms with E-state index in [0.717, 1.165) is 17.8 Å². The number of carbonyl (C=O) groups excluding carboxylic acids is 1. The molecule has 6 heteroatoms. The first-order chi connectivity index (χ1) is 10.2. The van der Waals surface area contributed by atoms with Crippen molar-refractivity contribution >= 4 is 17.4 Å². The Hall–Kier alpha value is -2.76. The van der Waals surface area contributed by atoms with Crippen molar-refractivity contribution in [3.8, 4) is 0 Å². The largest absolute Gasteiger partial charge is 0.305 e. The first-order valence-electron chi connectivity index (χ1n) is 6.82. The molecule has 3 heterocycles. The predicted molar refractivity (Wildman–Crippen MR) is 77.3 cm³/mol. The van der Waals surface area contributed by atoms with Crippen LogP contribution in [0.3, 0.4) is 0 Å². The van der Waals surface area contributed by atoms with Gasteiger partial charge in [-0.3, -0.25) is 4.79 Å². The summed E-state index contributed by atoms with van der Waals surface area (Å²) in [6.45, 7) is 2.57. The van der Waals surface area contributed by atoms with Crippen molar-refractivity contribution in [1.82, 2.24) is 19.6 Å². The van der Waals surface area contributed by atoms with Crippen LogP contribution in [0, 0.1) is 6.92 Å². The SMILES string of the molecule is Cc1ccnc2nc(C(=O)N3CCc4ccccc43)nn12. The molecule has 3 aromatic rings. The quantitative estimate of drug-likeness (QED) is 0.679. The summed E-state index contributed by atoms with van der Waals surface area (Å²) < 4.78 is 1.59. The summed E-state index contributed by atoms with van der Waals surface area (Å²) >= 11 is 0. The van der Waals surface area contributed by atoms with E-state index >= 15 is 0 Å². The van der Waals surface area contributed by atoms with Gasteiger partial charge in [0.15, 0.2) is 0 Å². The van der Waals surface area contributed by atoms with Crippen LogP contribution in [0.25, 0.3) is 5.78 Å². The summed E-state index contributed by atoms with van der Waals surface area (Å²) in [5, 5.41) is 4.28. The van der Waals surface area contributed by atoms with Crippen LogP contribution in [0.5, 0.6) is 0 Å². The van der Waals surface area contributed by atoms with Gasteiger partial charge in [0, 0.05) is 24.1 Å². The molecular weight excluding hydrogens is 266 g/mol. The third kappa shape index (κ3) is 1.79. The molecule has 0 unspecified atom stereocenters. The molecule has 1 amide bonds. The summed E-state index contributed by atoms with van der Waals surface area (Å²) in [6.07, 6.45) is 2.53. The molecule has 1 aliphatic rings. The monoisotopic (exact) mass is 279 g/mol. The minimum atomic E-state index is -0.176. The van der Waals surface area contributed by atoms with Crippen molar-refractivity contribution in [1.29, 1.82) is 0 Å². The molecule has 104 valence electrons. The maximum atomic E-state index is 12.7. The zero-order valence-corrected chi connectivity index (χ0v) is 11.5. The number of nitrogens with zero attached hydrogens (tertiary/aromatic N) is 5. The lowest BCUT2D eigenvalue weighted by Gasteiger charge is -2.14. The summed E-state index contributed by atoms with van der Waals surface area (Å²) in [6, 6.07) is 9.77. The molecule has 0 saturated heterocycles. The van der Waals surface area contributed by atoms with E-state index in [1.165, 1.54) is 5.56 Å². The van der Waals surface area contributed by atoms with E-state index in [4.69, 9.17) is 0 Å². The fourth-order valence-corrected chi connectivity index (χ4v) is 2.67. The van der Waals surface area contributed by atoms with Crippen molar-refractivity contribution < 1.29 is 4.79 Å². The Morgan fingerprint density at radius 1 is 1.24 bits per heavy atom. The maximum absolute atomic E-state index is 12.7. The number of aryl methyl sites for hydroxylation is 1. The molecule has 1 aromatic carbocycles. The van der Waals surface area contributed by atoms with Crippen LogP contribution in [0.2, 0.25) is 0 Å². The lowest BCUT2D eigenvalue weighted by molar-refractivity contribution is 0.0979. The molecule has 21 heavy (non-hydrogen) atoms. The highest BCUT2D eigenvalue weighted by atomic mass is 16.2. The second kappa shape index (κ2) is 4.37. The van der Waals surface area contributed by atoms with Crippen LogP contribution in [-0.4, -0.2) is 32.0 Å². The molecular formula is C15H13N5O. The number of anilines is 1. The molecule has 1 aliphatic heterocycles. The third-order valence-electron chi connectivity index (χ3n) is 3.75. The zero-order valence-electron chi connectivity index (χ0n) is 11.5. The van der Waals surface area contributed by atoms with Gasteiger partial charge < -0.3 is 4.90 Å². The average Bonchev–Trinajstić information content (AvgIpc) is 3.11. The van der Waals surface area contributed by atoms with Crippen molar-refractivity contribution in [2.24, 2.45) is 0 Å². The van der Waals surface area contributed by atoms with Crippen LogP contribution in [0.4, 0.5) is 5.69 Å². The summed E-state index contributed by atoms with van der Waals surface area (Å²) in [4.78, 5) is 22.8. The van der Waals surface area contributed by atoms with Crippen molar-refractivity contribution in [3.63, 3.8) is 0 Å². The van der Waals surface area contributed by atoms with Gasteiger partial charge in [-0.05, 0) is 31.0 Å². The molecule has 0 spiro atoms. The van der Waals surface area contributed by atoms with Gasteiger partial charge in [-0.25, -0.2) is 9.50 Å². The lowest BCUT2D eigenvalue weighted by Crippen LogP contribution is -2.29. The predicted octanol–water partition coefficient (Wildman–Crippen LogP) is 1.64. The topological polar surface area (TPSA) is 63.4 Å². The molecule has 0 bridgehead atoms. The molecule has 0 saturated carbocycles. The molecule has 4 rings (SSSR count). The Morgan fingerprint density at radius 2 is 2.10 bits per heavy atom. The first kappa shape index (κ1) is 12.0. The van der Waals surface area contributed by atoms with E-state index in [2.05, 4.69) is 15.1 Å². The molecule has 6 nitrogen and oxygen atoms in total. The van der Waals surface area contributed by atoms with E-state index in [1.54, 1.807) is 15.6 Å². The van der Waals surface area contributed by atoms with Crippen LogP contribution < -0.4 is 4.90 Å². The van der Waals surface area contributed by atoms with Crippen LogP contribution in [0.1, 0.15) is 21.9 Å². The van der Waals surface area contributed by atoms with Crippen molar-refractivity contribution in [3.05, 3.63) is 53.6 Å². The van der Waals surface area contributed by atoms with Crippen LogP contribution in [0.15, 0.2) is 36.5 Å². The Bertz CT molecular complexity index is 854. The second-order valence-corrected chi connectivity index (χ2v) is 5.07. The molecule has 0 aliphatic carbocycles. The van der Waals surface area contributed by atoms with Gasteiger partial charge in [-0.1, -0.05) is 18.2 Å². The highest BCUT2D eigenvalue weighted by Crippen LogP contribution is 2.28. The third-order valence-corrected chi connectivity index (χ3v) is 3.75. The number of fused-ring (bicyclic) bond motifs is 2. The second-order valence-electron chi connectivity index (χ2n) is 5.07. The van der Waals surface area contributed by atoms with Crippen LogP contribution >= 0.6 is 0 Å². The van der Waals surface area contributed by atoms with E-state index in [9.17, 15) is 4.79 Å². The van der Waals surface area contributed by atoms with Crippen LogP contribution in [-0.2, 0) is 6.42 Å². The normalized spacial score (nSPS) is 13.7. The van der Waals surface area contributed by atoms with Gasteiger partial charge in [0.25, 0.3) is 11.7 Å². The standard InChI is InChI=1S/C15H13N5O/c1-10-6-8-16-15-17-13(18-20(10)15)14(21)19-9-7-11-4-2-3-5-12(11)19/h2-6,8H,7,9H2,1H3. The van der Waals surface area contributed by atoms with Gasteiger partial charge in [-0.15, -0.1) is 5.10 Å². The molecule has 2 aromatic heterocycles. The van der Waals surface area contributed by atoms with E-state index in [1.807, 2.05) is 37.3 Å². The number of rotatable bonds is 1. The summed E-state index contributed by atoms with van der Waals surface area (Å²) in [7, 11) is 0. The lowest BCUT2D eigenvalue weighted by atomic mass is 10.2. The zero-order chi connectivity index (χ0) is 14.4. The Kier molecular flexibility index (Phi) is 2.50. The number of carbonyl (C=O) groups is 1. The number of benzene rings is 1. The minimum absolute atomic E-state index is 0.176. The number of aromatic nitrogens is 4. The number of amides is 1. The van der Waals surface area contributed by atoms with Gasteiger partial charge in [0.05, 0.1) is 0 Å². The first-order valence-corrected chi connectivity index (χ1v) is 6.82. The van der Waals surface area contributed by atoms with Crippen molar-refractivity contribution in [2.75, 3.05) is 11.4 Å². The highest BCUT2D eigenvalue weighted by molar-refractivity contribution is 6.05. The molecule has 0 atom stereocenters. The summed E-state index contributed by atoms with van der Waals surface area (Å²) in [5.74, 6) is 0.462. The Balaban J connectivity index is 1.76. The van der Waals surface area contributed by atoms with Gasteiger partial charge in [0.1, 0.15) is 0 Å². The molecule has 0 fully saturated rings. The number of hydrogen-bond acceptors (Lipinski definition) is 4. The fraction of sp³-hybridized carbons (Fsp3) is 0.200. The van der Waals surface area contributed by atoms with Gasteiger partial charge >= 0.3 is 0 Å². The molecule has 0 radical (unpaired) electrons. The smallest absolute Gasteiger partial charge is 0.298 e. The van der Waals surface area contributed by atoms with E-state index in [-0.39, 0.29) is 11.7 Å². The van der Waals surface area contributed by atoms with Gasteiger partial charge in [0.2, 0.25) is 5.82 Å².